The highest BCUT2D eigenvalue weighted by molar-refractivity contribution is 7.27. The van der Waals surface area contributed by atoms with Crippen LogP contribution >= 0.6 is 34.0 Å². The van der Waals surface area contributed by atoms with Crippen LogP contribution in [0.1, 0.15) is 5.56 Å². The number of pyridine rings is 3. The molecule has 1 aliphatic rings. The van der Waals surface area contributed by atoms with E-state index in [1.165, 1.54) is 16.6 Å². The minimum atomic E-state index is 0.274. The molecule has 0 radical (unpaired) electrons. The molecule has 0 fully saturated rings. The van der Waals surface area contributed by atoms with E-state index in [1.54, 1.807) is 64.5 Å². The first-order valence-electron chi connectivity index (χ1n) is 13.3. The van der Waals surface area contributed by atoms with Crippen LogP contribution in [0.2, 0.25) is 0 Å². The maximum atomic E-state index is 11.2. The van der Waals surface area contributed by atoms with Crippen LogP contribution in [-0.2, 0) is 9.59 Å². The van der Waals surface area contributed by atoms with Gasteiger partial charge in [-0.1, -0.05) is 0 Å². The van der Waals surface area contributed by atoms with Gasteiger partial charge in [0.25, 0.3) is 12.9 Å². The molecule has 6 aromatic heterocycles. The molecular weight excluding hydrogens is 619 g/mol. The number of rotatable bonds is 9. The molecule has 0 N–H and O–H groups in total. The highest BCUT2D eigenvalue weighted by atomic mass is 32.1. The highest BCUT2D eigenvalue weighted by Gasteiger charge is 2.28. The minimum Gasteiger partial charge on any atom is -0.485 e. The van der Waals surface area contributed by atoms with Crippen molar-refractivity contribution in [2.24, 2.45) is 0 Å². The summed E-state index contributed by atoms with van der Waals surface area (Å²) in [7, 11) is 0. The van der Waals surface area contributed by atoms with Crippen LogP contribution in [0.4, 0.5) is 0 Å². The zero-order valence-corrected chi connectivity index (χ0v) is 25.5. The van der Waals surface area contributed by atoms with Gasteiger partial charge in [0.05, 0.1) is 37.4 Å². The lowest BCUT2D eigenvalue weighted by Gasteiger charge is -2.17. The van der Waals surface area contributed by atoms with Crippen LogP contribution in [0.3, 0.4) is 0 Å². The molecule has 0 atom stereocenters. The van der Waals surface area contributed by atoms with Gasteiger partial charge in [-0.3, -0.25) is 19.6 Å². The molecule has 0 aliphatic carbocycles. The number of fused-ring (bicyclic) bond motifs is 1. The molecule has 0 spiro atoms. The molecule has 7 heterocycles. The van der Waals surface area contributed by atoms with Gasteiger partial charge in [-0.2, -0.15) is 0 Å². The molecule has 1 aliphatic heterocycles. The van der Waals surface area contributed by atoms with Crippen LogP contribution in [-0.4, -0.2) is 41.1 Å². The molecule has 0 amide bonds. The van der Waals surface area contributed by atoms with Crippen molar-refractivity contribution in [3.8, 4) is 75.7 Å². The van der Waals surface area contributed by atoms with Crippen LogP contribution in [0.15, 0.2) is 72.4 Å². The van der Waals surface area contributed by atoms with E-state index in [4.69, 9.17) is 23.9 Å². The molecule has 218 valence electrons. The molecule has 0 unspecified atom stereocenters. The summed E-state index contributed by atoms with van der Waals surface area (Å²) in [6, 6.07) is 16.5. The maximum Gasteiger partial charge on any atom is 0.298 e. The zero-order valence-electron chi connectivity index (χ0n) is 23.0. The Labute approximate surface area is 263 Å². The molecule has 44 heavy (non-hydrogen) atoms. The number of thiophene rings is 3. The minimum absolute atomic E-state index is 0.274. The number of aryl methyl sites for hydroxylation is 1. The fraction of sp³-hybridized carbons (Fsp3) is 0.0938. The number of carbonyl (C=O) groups is 2. The summed E-state index contributed by atoms with van der Waals surface area (Å²) in [5, 5.41) is 2.10. The predicted molar refractivity (Wildman–Crippen MR) is 170 cm³/mol. The summed E-state index contributed by atoms with van der Waals surface area (Å²) in [6.45, 7) is 3.84. The third-order valence-corrected chi connectivity index (χ3v) is 10.4. The van der Waals surface area contributed by atoms with Gasteiger partial charge in [-0.25, -0.2) is 4.98 Å². The van der Waals surface area contributed by atoms with E-state index >= 15 is 0 Å². The Morgan fingerprint density at radius 1 is 0.705 bits per heavy atom. The third-order valence-electron chi connectivity index (χ3n) is 6.77. The first kappa shape index (κ1) is 27.9. The van der Waals surface area contributed by atoms with E-state index in [-0.39, 0.29) is 5.75 Å². The third kappa shape index (κ3) is 5.34. The van der Waals surface area contributed by atoms with E-state index in [0.29, 0.717) is 54.7 Å². The lowest BCUT2D eigenvalue weighted by atomic mass is 10.1. The number of hydrogen-bond acceptors (Lipinski definition) is 12. The molecular formula is C32H21N3O6S3. The molecule has 7 rings (SSSR count). The van der Waals surface area contributed by atoms with Crippen molar-refractivity contribution in [2.75, 3.05) is 13.2 Å². The Morgan fingerprint density at radius 3 is 2.09 bits per heavy atom. The van der Waals surface area contributed by atoms with Crippen molar-refractivity contribution < 1.29 is 28.5 Å². The predicted octanol–water partition coefficient (Wildman–Crippen LogP) is 7.54. The van der Waals surface area contributed by atoms with Crippen molar-refractivity contribution >= 4 is 47.0 Å². The smallest absolute Gasteiger partial charge is 0.298 e. The second kappa shape index (κ2) is 12.0. The summed E-state index contributed by atoms with van der Waals surface area (Å²) >= 11 is 5.05. The topological polar surface area (TPSA) is 110 Å². The molecule has 0 bridgehead atoms. The Kier molecular flexibility index (Phi) is 7.61. The van der Waals surface area contributed by atoms with Crippen molar-refractivity contribution in [1.29, 1.82) is 0 Å². The fourth-order valence-electron chi connectivity index (χ4n) is 4.78. The van der Waals surface area contributed by atoms with E-state index < -0.39 is 0 Å². The Bertz CT molecular complexity index is 2010. The van der Waals surface area contributed by atoms with Crippen molar-refractivity contribution in [1.82, 2.24) is 15.0 Å². The van der Waals surface area contributed by atoms with Gasteiger partial charge in [0.1, 0.15) is 24.7 Å². The zero-order chi connectivity index (χ0) is 30.0. The highest BCUT2D eigenvalue weighted by Crippen LogP contribution is 2.56. The fourth-order valence-corrected chi connectivity index (χ4v) is 8.21. The Morgan fingerprint density at radius 2 is 1.36 bits per heavy atom. The molecule has 0 saturated carbocycles. The van der Waals surface area contributed by atoms with Gasteiger partial charge in [0.2, 0.25) is 0 Å². The van der Waals surface area contributed by atoms with E-state index in [0.717, 1.165) is 36.6 Å². The van der Waals surface area contributed by atoms with Gasteiger partial charge < -0.3 is 18.9 Å². The number of hydrogen-bond donors (Lipinski definition) is 0. The van der Waals surface area contributed by atoms with Crippen molar-refractivity contribution in [2.45, 2.75) is 6.92 Å². The summed E-state index contributed by atoms with van der Waals surface area (Å²) in [5.41, 5.74) is 4.08. The lowest BCUT2D eigenvalue weighted by molar-refractivity contribution is -0.121. The van der Waals surface area contributed by atoms with Gasteiger partial charge in [0, 0.05) is 40.3 Å². The quantitative estimate of drug-likeness (QED) is 0.148. The summed E-state index contributed by atoms with van der Waals surface area (Å²) < 4.78 is 22.4. The van der Waals surface area contributed by atoms with E-state index in [1.807, 2.05) is 12.1 Å². The van der Waals surface area contributed by atoms with Gasteiger partial charge in [0.15, 0.2) is 11.5 Å². The largest absolute Gasteiger partial charge is 0.485 e. The molecule has 0 aromatic carbocycles. The van der Waals surface area contributed by atoms with Crippen LogP contribution in [0.25, 0.3) is 52.7 Å². The number of ether oxygens (including phenoxy) is 4. The number of aromatic nitrogens is 3. The van der Waals surface area contributed by atoms with E-state index in [2.05, 4.69) is 40.5 Å². The summed E-state index contributed by atoms with van der Waals surface area (Å²) in [6.07, 6.45) is 3.22. The number of nitrogens with zero attached hydrogens (tertiary/aromatic N) is 3. The first-order chi connectivity index (χ1) is 21.6. The maximum absolute atomic E-state index is 11.2. The Balaban J connectivity index is 1.25. The molecule has 0 saturated heterocycles. The van der Waals surface area contributed by atoms with Gasteiger partial charge in [-0.05, 0) is 59.8 Å². The second-order valence-electron chi connectivity index (χ2n) is 9.52. The lowest BCUT2D eigenvalue weighted by Crippen LogP contribution is -2.14. The standard InChI is InChI=1S/C32H21N3O6S3/c1-18-6-11-42-30(18)32-29-28(38-9-10-39-29)31(44-32)27-3-2-26(43-27)19-4-7-33-22(12-19)24-14-21(41-17-37)15-25(35-24)23-13-20(40-16-36)5-8-34-23/h2-8,11-17H,9-10H2,1H3. The number of carbonyl (C=O) groups excluding carboxylic acids is 2. The van der Waals surface area contributed by atoms with Crippen molar-refractivity contribution in [3.63, 3.8) is 0 Å². The molecule has 12 heteroatoms. The second-order valence-corrected chi connectivity index (χ2v) is 12.5. The first-order valence-corrected chi connectivity index (χ1v) is 15.9. The average Bonchev–Trinajstić information content (AvgIpc) is 3.80. The monoisotopic (exact) mass is 639 g/mol. The van der Waals surface area contributed by atoms with E-state index in [9.17, 15) is 9.59 Å². The SMILES string of the molecule is Cc1ccsc1-c1sc(-c2ccc(-c3ccnc(-c4cc(OC=O)cc(-c5cc(OC=O)ccn5)n4)c3)s2)c2c1OCCO2. The molecule has 9 nitrogen and oxygen atoms in total. The summed E-state index contributed by atoms with van der Waals surface area (Å²) in [4.78, 5) is 41.1. The van der Waals surface area contributed by atoms with Gasteiger partial charge >= 0.3 is 0 Å². The average molecular weight is 640 g/mol. The van der Waals surface area contributed by atoms with Crippen molar-refractivity contribution in [3.05, 3.63) is 77.9 Å². The van der Waals surface area contributed by atoms with Gasteiger partial charge in [-0.15, -0.1) is 34.0 Å². The van der Waals surface area contributed by atoms with Crippen LogP contribution < -0.4 is 18.9 Å². The normalized spacial score (nSPS) is 12.1. The molecule has 6 aromatic rings. The summed E-state index contributed by atoms with van der Waals surface area (Å²) in [5.74, 6) is 2.20. The Hall–Kier alpha value is -4.91. The van der Waals surface area contributed by atoms with Crippen LogP contribution in [0, 0.1) is 6.92 Å². The van der Waals surface area contributed by atoms with Crippen LogP contribution in [0.5, 0.6) is 23.0 Å².